The molecular weight excluding hydrogens is 364 g/mol. The Morgan fingerprint density at radius 2 is 1.89 bits per heavy atom. The first-order valence-corrected chi connectivity index (χ1v) is 9.07. The quantitative estimate of drug-likeness (QED) is 0.634. The third-order valence-electron chi connectivity index (χ3n) is 4.24. The molecule has 0 saturated heterocycles. The molecule has 0 spiro atoms. The van der Waals surface area contributed by atoms with Crippen LogP contribution in [0.1, 0.15) is 30.8 Å². The summed E-state index contributed by atoms with van der Waals surface area (Å²) in [6, 6.07) is 14.9. The number of hydrogen-bond donors (Lipinski definition) is 1. The molecule has 0 aliphatic heterocycles. The lowest BCUT2D eigenvalue weighted by atomic mass is 10.1. The highest BCUT2D eigenvalue weighted by molar-refractivity contribution is 6.30. The molecule has 2 aromatic carbocycles. The van der Waals surface area contributed by atoms with Crippen LogP contribution in [0.2, 0.25) is 5.02 Å². The number of carbonyl (C=O) groups is 1. The van der Waals surface area contributed by atoms with Crippen molar-refractivity contribution in [2.45, 2.75) is 25.8 Å². The number of aryl methyl sites for hydroxylation is 1. The highest BCUT2D eigenvalue weighted by atomic mass is 35.5. The second-order valence-corrected chi connectivity index (χ2v) is 6.62. The summed E-state index contributed by atoms with van der Waals surface area (Å²) in [5, 5.41) is 3.65. The van der Waals surface area contributed by atoms with Crippen LogP contribution in [0.15, 0.2) is 59.1 Å². The number of benzene rings is 2. The van der Waals surface area contributed by atoms with Crippen LogP contribution in [0.25, 0.3) is 11.3 Å². The summed E-state index contributed by atoms with van der Waals surface area (Å²) < 4.78 is 10.9. The molecule has 1 N–H and O–H groups in total. The number of amides is 1. The summed E-state index contributed by atoms with van der Waals surface area (Å²) in [4.78, 5) is 16.5. The molecule has 0 aliphatic carbocycles. The molecule has 3 rings (SSSR count). The molecule has 0 radical (unpaired) electrons. The number of rotatable bonds is 7. The van der Waals surface area contributed by atoms with Gasteiger partial charge in [-0.3, -0.25) is 4.79 Å². The van der Waals surface area contributed by atoms with Crippen molar-refractivity contribution in [1.29, 1.82) is 0 Å². The molecule has 140 valence electrons. The van der Waals surface area contributed by atoms with Gasteiger partial charge >= 0.3 is 0 Å². The minimum Gasteiger partial charge on any atom is -0.497 e. The number of ether oxygens (including phenoxy) is 1. The lowest BCUT2D eigenvalue weighted by molar-refractivity contribution is -0.121. The van der Waals surface area contributed by atoms with Crippen molar-refractivity contribution in [3.63, 3.8) is 0 Å². The Kier molecular flexibility index (Phi) is 6.14. The first kappa shape index (κ1) is 19.0. The van der Waals surface area contributed by atoms with Crippen molar-refractivity contribution in [2.24, 2.45) is 0 Å². The van der Waals surface area contributed by atoms with E-state index in [2.05, 4.69) is 10.3 Å². The minimum absolute atomic E-state index is 0.0540. The summed E-state index contributed by atoms with van der Waals surface area (Å²) >= 11 is 5.89. The lowest BCUT2D eigenvalue weighted by Gasteiger charge is -2.14. The first-order chi connectivity index (χ1) is 13.0. The minimum atomic E-state index is -0.0887. The van der Waals surface area contributed by atoms with E-state index in [0.717, 1.165) is 16.9 Å². The van der Waals surface area contributed by atoms with Gasteiger partial charge in [-0.2, -0.15) is 0 Å². The average molecular weight is 385 g/mol. The maximum absolute atomic E-state index is 12.2. The zero-order valence-electron chi connectivity index (χ0n) is 15.2. The van der Waals surface area contributed by atoms with E-state index in [9.17, 15) is 4.79 Å². The zero-order valence-corrected chi connectivity index (χ0v) is 16.0. The van der Waals surface area contributed by atoms with E-state index in [1.54, 1.807) is 13.3 Å². The van der Waals surface area contributed by atoms with Crippen LogP contribution in [0.4, 0.5) is 0 Å². The molecule has 1 atom stereocenters. The van der Waals surface area contributed by atoms with E-state index >= 15 is 0 Å². The standard InChI is InChI=1S/C21H21ClN2O3/c1-14(15-3-7-17(22)8-4-15)24-20(25)11-12-21-23-13-19(27-21)16-5-9-18(26-2)10-6-16/h3-10,13-14H,11-12H2,1-2H3,(H,24,25)/t14-/m0/s1. The molecular formula is C21H21ClN2O3. The van der Waals surface area contributed by atoms with E-state index in [1.807, 2.05) is 55.5 Å². The Bertz CT molecular complexity index is 889. The smallest absolute Gasteiger partial charge is 0.220 e. The second kappa shape index (κ2) is 8.73. The van der Waals surface area contributed by atoms with E-state index < -0.39 is 0 Å². The molecule has 0 fully saturated rings. The van der Waals surface area contributed by atoms with Crippen molar-refractivity contribution in [3.8, 4) is 17.1 Å². The van der Waals surface area contributed by atoms with Crippen molar-refractivity contribution in [3.05, 3.63) is 71.2 Å². The van der Waals surface area contributed by atoms with E-state index in [4.69, 9.17) is 20.8 Å². The molecule has 5 nitrogen and oxygen atoms in total. The molecule has 0 unspecified atom stereocenters. The van der Waals surface area contributed by atoms with Gasteiger partial charge < -0.3 is 14.5 Å². The fraction of sp³-hybridized carbons (Fsp3) is 0.238. The molecule has 3 aromatic rings. The van der Waals surface area contributed by atoms with Crippen molar-refractivity contribution >= 4 is 17.5 Å². The highest BCUT2D eigenvalue weighted by Gasteiger charge is 2.12. The van der Waals surface area contributed by atoms with E-state index in [0.29, 0.717) is 29.5 Å². The third-order valence-corrected chi connectivity index (χ3v) is 4.49. The summed E-state index contributed by atoms with van der Waals surface area (Å²) in [6.07, 6.45) is 2.42. The SMILES string of the molecule is COc1ccc(-c2cnc(CCC(=O)N[C@@H](C)c3ccc(Cl)cc3)o2)cc1. The number of methoxy groups -OCH3 is 1. The normalized spacial score (nSPS) is 11.8. The monoisotopic (exact) mass is 384 g/mol. The predicted octanol–water partition coefficient (Wildman–Crippen LogP) is 4.81. The zero-order chi connectivity index (χ0) is 19.2. The van der Waals surface area contributed by atoms with Gasteiger partial charge in [0, 0.05) is 23.4 Å². The fourth-order valence-electron chi connectivity index (χ4n) is 2.68. The first-order valence-electron chi connectivity index (χ1n) is 8.69. The Hall–Kier alpha value is -2.79. The number of nitrogens with one attached hydrogen (secondary N) is 1. The highest BCUT2D eigenvalue weighted by Crippen LogP contribution is 2.23. The van der Waals surface area contributed by atoms with Crippen LogP contribution in [0.5, 0.6) is 5.75 Å². The van der Waals surface area contributed by atoms with E-state index in [1.165, 1.54) is 0 Å². The Balaban J connectivity index is 1.53. The van der Waals surface area contributed by atoms with Gasteiger partial charge in [-0.1, -0.05) is 23.7 Å². The Labute approximate surface area is 163 Å². The molecule has 27 heavy (non-hydrogen) atoms. The summed E-state index contributed by atoms with van der Waals surface area (Å²) in [5.74, 6) is 1.93. The molecule has 6 heteroatoms. The number of carbonyl (C=O) groups excluding carboxylic acids is 1. The van der Waals surface area contributed by atoms with Crippen molar-refractivity contribution < 1.29 is 13.9 Å². The molecule has 0 bridgehead atoms. The van der Waals surface area contributed by atoms with Gasteiger partial charge in [0.1, 0.15) is 5.75 Å². The molecule has 1 aromatic heterocycles. The van der Waals surface area contributed by atoms with Crippen LogP contribution in [-0.4, -0.2) is 18.0 Å². The average Bonchev–Trinajstić information content (AvgIpc) is 3.16. The maximum Gasteiger partial charge on any atom is 0.220 e. The Morgan fingerprint density at radius 3 is 2.56 bits per heavy atom. The molecule has 0 aliphatic rings. The van der Waals surface area contributed by atoms with Crippen molar-refractivity contribution in [1.82, 2.24) is 10.3 Å². The number of halogens is 1. The van der Waals surface area contributed by atoms with Gasteiger partial charge in [-0.25, -0.2) is 4.98 Å². The predicted molar refractivity (Wildman–Crippen MR) is 105 cm³/mol. The maximum atomic E-state index is 12.2. The Morgan fingerprint density at radius 1 is 1.19 bits per heavy atom. The molecule has 1 amide bonds. The van der Waals surface area contributed by atoms with Crippen LogP contribution in [0, 0.1) is 0 Å². The summed E-state index contributed by atoms with van der Waals surface area (Å²) in [7, 11) is 1.63. The fourth-order valence-corrected chi connectivity index (χ4v) is 2.81. The summed E-state index contributed by atoms with van der Waals surface area (Å²) in [6.45, 7) is 1.94. The van der Waals surface area contributed by atoms with Gasteiger partial charge in [0.05, 0.1) is 19.3 Å². The largest absolute Gasteiger partial charge is 0.497 e. The number of aromatic nitrogens is 1. The van der Waals surface area contributed by atoms with Gasteiger partial charge in [-0.05, 0) is 48.9 Å². The molecule has 0 saturated carbocycles. The number of oxazole rings is 1. The third kappa shape index (κ3) is 5.11. The number of hydrogen-bond acceptors (Lipinski definition) is 4. The summed E-state index contributed by atoms with van der Waals surface area (Å²) in [5.41, 5.74) is 1.92. The van der Waals surface area contributed by atoms with Crippen LogP contribution < -0.4 is 10.1 Å². The van der Waals surface area contributed by atoms with Gasteiger partial charge in [-0.15, -0.1) is 0 Å². The van der Waals surface area contributed by atoms with Gasteiger partial charge in [0.25, 0.3) is 0 Å². The van der Waals surface area contributed by atoms with Crippen molar-refractivity contribution in [2.75, 3.05) is 7.11 Å². The lowest BCUT2D eigenvalue weighted by Crippen LogP contribution is -2.26. The number of nitrogens with zero attached hydrogens (tertiary/aromatic N) is 1. The van der Waals surface area contributed by atoms with Crippen LogP contribution in [-0.2, 0) is 11.2 Å². The second-order valence-electron chi connectivity index (χ2n) is 6.19. The molecule has 1 heterocycles. The van der Waals surface area contributed by atoms with Gasteiger partial charge in [0.15, 0.2) is 11.7 Å². The van der Waals surface area contributed by atoms with Gasteiger partial charge in [0.2, 0.25) is 5.91 Å². The van der Waals surface area contributed by atoms with E-state index in [-0.39, 0.29) is 11.9 Å². The topological polar surface area (TPSA) is 64.4 Å². The van der Waals surface area contributed by atoms with Crippen LogP contribution >= 0.6 is 11.6 Å². The van der Waals surface area contributed by atoms with Crippen LogP contribution in [0.3, 0.4) is 0 Å².